The van der Waals surface area contributed by atoms with Crippen molar-refractivity contribution < 1.29 is 29.3 Å². The molecule has 0 bridgehead atoms. The summed E-state index contributed by atoms with van der Waals surface area (Å²) in [4.78, 5) is 51.7. The van der Waals surface area contributed by atoms with Crippen LogP contribution in [0, 0.1) is 13.8 Å². The number of carboxylic acids is 2. The Morgan fingerprint density at radius 2 is 1.18 bits per heavy atom. The Hall–Kier alpha value is -5.78. The number of nitrogens with one attached hydrogen (secondary N) is 2. The Morgan fingerprint density at radius 3 is 1.62 bits per heavy atom. The fourth-order valence-corrected chi connectivity index (χ4v) is 5.44. The summed E-state index contributed by atoms with van der Waals surface area (Å²) in [5.41, 5.74) is 1.66. The zero-order valence-electron chi connectivity index (χ0n) is 25.1. The van der Waals surface area contributed by atoms with Gasteiger partial charge in [-0.3, -0.25) is 19.8 Å². The van der Waals surface area contributed by atoms with E-state index in [1.54, 1.807) is 56.3 Å². The third kappa shape index (κ3) is 5.77. The van der Waals surface area contributed by atoms with Crippen molar-refractivity contribution in [2.75, 3.05) is 13.2 Å². The standard InChI is InChI=1S/C33H32N4O8/c1-5-44-25-14-13-20(17-26(25)45-6-2)29(27-18(3)34-36(30(27)38)23-11-7-9-21(15-23)32(40)41)28-19(4)35-37(31(28)39)24-12-8-10-22(16-24)33(42)43/h7-17,29,34-35H,5-6H2,1-4H3,(H,40,41)(H,42,43). The van der Waals surface area contributed by atoms with Crippen LogP contribution in [0.2, 0.25) is 0 Å². The van der Waals surface area contributed by atoms with Gasteiger partial charge in [-0.1, -0.05) is 18.2 Å². The molecule has 0 radical (unpaired) electrons. The first-order valence-corrected chi connectivity index (χ1v) is 14.3. The fraction of sp³-hybridized carbons (Fsp3) is 0.212. The molecule has 2 aromatic heterocycles. The molecule has 0 amide bonds. The largest absolute Gasteiger partial charge is 0.490 e. The van der Waals surface area contributed by atoms with Gasteiger partial charge >= 0.3 is 11.9 Å². The van der Waals surface area contributed by atoms with Gasteiger partial charge in [-0.05, 0) is 81.8 Å². The fourth-order valence-electron chi connectivity index (χ4n) is 5.44. The lowest BCUT2D eigenvalue weighted by Gasteiger charge is -2.19. The number of nitrogens with zero attached hydrogens (tertiary/aromatic N) is 2. The molecule has 232 valence electrons. The molecule has 0 aliphatic carbocycles. The van der Waals surface area contributed by atoms with Crippen LogP contribution in [0.1, 0.15) is 68.6 Å². The zero-order chi connectivity index (χ0) is 32.4. The summed E-state index contributed by atoms with van der Waals surface area (Å²) in [6.45, 7) is 7.84. The number of H-pyrrole nitrogens is 2. The smallest absolute Gasteiger partial charge is 0.335 e. The lowest BCUT2D eigenvalue weighted by Crippen LogP contribution is -2.25. The van der Waals surface area contributed by atoms with Gasteiger partial charge in [0.05, 0.1) is 46.8 Å². The van der Waals surface area contributed by atoms with Crippen LogP contribution in [0.4, 0.5) is 0 Å². The number of carbonyl (C=O) groups is 2. The molecular weight excluding hydrogens is 580 g/mol. The number of carboxylic acid groups (broad SMARTS) is 2. The minimum absolute atomic E-state index is 0.00517. The second-order valence-electron chi connectivity index (χ2n) is 10.3. The lowest BCUT2D eigenvalue weighted by molar-refractivity contribution is 0.0686. The summed E-state index contributed by atoms with van der Waals surface area (Å²) >= 11 is 0. The molecule has 2 heterocycles. The number of aromatic amines is 2. The monoisotopic (exact) mass is 612 g/mol. The predicted octanol–water partition coefficient (Wildman–Crippen LogP) is 4.64. The van der Waals surface area contributed by atoms with Crippen molar-refractivity contribution in [3.8, 4) is 22.9 Å². The number of aromatic nitrogens is 4. The number of hydrogen-bond acceptors (Lipinski definition) is 6. The Labute approximate surface area is 257 Å². The number of hydrogen-bond donors (Lipinski definition) is 4. The van der Waals surface area contributed by atoms with Gasteiger partial charge in [0.15, 0.2) is 11.5 Å². The van der Waals surface area contributed by atoms with Gasteiger partial charge in [-0.15, -0.1) is 0 Å². The summed E-state index contributed by atoms with van der Waals surface area (Å²) in [6.07, 6.45) is 0. The van der Waals surface area contributed by atoms with Crippen LogP contribution in [0.15, 0.2) is 76.3 Å². The van der Waals surface area contributed by atoms with Crippen LogP contribution in [0.3, 0.4) is 0 Å². The maximum absolute atomic E-state index is 14.2. The molecule has 0 saturated carbocycles. The number of aromatic carboxylic acids is 2. The maximum atomic E-state index is 14.2. The summed E-state index contributed by atoms with van der Waals surface area (Å²) in [6, 6.07) is 17.1. The highest BCUT2D eigenvalue weighted by atomic mass is 16.5. The summed E-state index contributed by atoms with van der Waals surface area (Å²) in [7, 11) is 0. The molecular formula is C33H32N4O8. The van der Waals surface area contributed by atoms with E-state index in [-0.39, 0.29) is 22.3 Å². The van der Waals surface area contributed by atoms with Crippen LogP contribution < -0.4 is 20.6 Å². The lowest BCUT2D eigenvalue weighted by atomic mass is 9.85. The molecule has 5 rings (SSSR count). The SMILES string of the molecule is CCOc1ccc(C(c2c(C)[nH]n(-c3cccc(C(=O)O)c3)c2=O)c2c(C)[nH]n(-c3cccc(C(=O)O)c3)c2=O)cc1OCC. The van der Waals surface area contributed by atoms with Crippen LogP contribution >= 0.6 is 0 Å². The average molecular weight is 613 g/mol. The first kappa shape index (κ1) is 30.7. The quantitative estimate of drug-likeness (QED) is 0.167. The third-order valence-electron chi connectivity index (χ3n) is 7.41. The Kier molecular flexibility index (Phi) is 8.48. The molecule has 12 nitrogen and oxygen atoms in total. The first-order valence-electron chi connectivity index (χ1n) is 14.3. The molecule has 0 unspecified atom stereocenters. The molecule has 5 aromatic rings. The van der Waals surface area contributed by atoms with Gasteiger partial charge < -0.3 is 19.7 Å². The van der Waals surface area contributed by atoms with E-state index in [9.17, 15) is 29.4 Å². The van der Waals surface area contributed by atoms with E-state index in [1.807, 2.05) is 13.8 Å². The van der Waals surface area contributed by atoms with Gasteiger partial charge in [-0.2, -0.15) is 0 Å². The van der Waals surface area contributed by atoms with E-state index in [0.717, 1.165) is 0 Å². The number of rotatable bonds is 11. The van der Waals surface area contributed by atoms with E-state index in [4.69, 9.17) is 9.47 Å². The van der Waals surface area contributed by atoms with Crippen LogP contribution in [-0.2, 0) is 0 Å². The van der Waals surface area contributed by atoms with Crippen molar-refractivity contribution >= 4 is 11.9 Å². The molecule has 3 aromatic carbocycles. The van der Waals surface area contributed by atoms with Crippen LogP contribution in [0.5, 0.6) is 11.5 Å². The van der Waals surface area contributed by atoms with Gasteiger partial charge in [0.1, 0.15) is 0 Å². The molecule has 0 fully saturated rings. The molecule has 0 spiro atoms. The van der Waals surface area contributed by atoms with Crippen molar-refractivity contribution in [3.63, 3.8) is 0 Å². The number of benzene rings is 3. The predicted molar refractivity (Wildman–Crippen MR) is 166 cm³/mol. The molecule has 0 atom stereocenters. The second kappa shape index (κ2) is 12.4. The average Bonchev–Trinajstić information content (AvgIpc) is 3.48. The van der Waals surface area contributed by atoms with E-state index in [0.29, 0.717) is 53.0 Å². The topological polar surface area (TPSA) is 169 Å². The highest BCUT2D eigenvalue weighted by Crippen LogP contribution is 2.37. The maximum Gasteiger partial charge on any atom is 0.335 e. The van der Waals surface area contributed by atoms with Gasteiger partial charge in [0.25, 0.3) is 11.1 Å². The van der Waals surface area contributed by atoms with Crippen molar-refractivity contribution in [2.24, 2.45) is 0 Å². The van der Waals surface area contributed by atoms with E-state index in [2.05, 4.69) is 10.2 Å². The Bertz CT molecular complexity index is 1920. The molecule has 0 aliphatic rings. The van der Waals surface area contributed by atoms with E-state index in [1.165, 1.54) is 33.6 Å². The Morgan fingerprint density at radius 1 is 0.711 bits per heavy atom. The first-order chi connectivity index (χ1) is 21.5. The number of aryl methyl sites for hydroxylation is 2. The minimum atomic E-state index is -1.14. The minimum Gasteiger partial charge on any atom is -0.490 e. The summed E-state index contributed by atoms with van der Waals surface area (Å²) < 4.78 is 14.1. The van der Waals surface area contributed by atoms with Gasteiger partial charge in [-0.25, -0.2) is 19.0 Å². The van der Waals surface area contributed by atoms with Crippen molar-refractivity contribution in [1.29, 1.82) is 0 Å². The van der Waals surface area contributed by atoms with E-state index < -0.39 is 29.0 Å². The summed E-state index contributed by atoms with van der Waals surface area (Å²) in [5.74, 6) is -2.25. The molecule has 45 heavy (non-hydrogen) atoms. The van der Waals surface area contributed by atoms with Gasteiger partial charge in [0, 0.05) is 17.3 Å². The molecule has 4 N–H and O–H groups in total. The normalized spacial score (nSPS) is 11.1. The Balaban J connectivity index is 1.78. The van der Waals surface area contributed by atoms with Crippen LogP contribution in [0.25, 0.3) is 11.4 Å². The zero-order valence-corrected chi connectivity index (χ0v) is 25.1. The third-order valence-corrected chi connectivity index (χ3v) is 7.41. The molecule has 0 aliphatic heterocycles. The summed E-state index contributed by atoms with van der Waals surface area (Å²) in [5, 5.41) is 25.1. The number of ether oxygens (including phenoxy) is 2. The van der Waals surface area contributed by atoms with E-state index >= 15 is 0 Å². The van der Waals surface area contributed by atoms with Crippen molar-refractivity contribution in [1.82, 2.24) is 19.6 Å². The highest BCUT2D eigenvalue weighted by molar-refractivity contribution is 5.88. The van der Waals surface area contributed by atoms with Gasteiger partial charge in [0.2, 0.25) is 0 Å². The van der Waals surface area contributed by atoms with Crippen LogP contribution in [-0.4, -0.2) is 54.9 Å². The molecule has 0 saturated heterocycles. The molecule has 12 heteroatoms. The highest BCUT2D eigenvalue weighted by Gasteiger charge is 2.32. The second-order valence-corrected chi connectivity index (χ2v) is 10.3. The van der Waals surface area contributed by atoms with Crippen molar-refractivity contribution in [2.45, 2.75) is 33.6 Å². The van der Waals surface area contributed by atoms with Crippen molar-refractivity contribution in [3.05, 3.63) is 127 Å².